The maximum absolute atomic E-state index is 10.5. The maximum Gasteiger partial charge on any atom is 0.163 e. The lowest BCUT2D eigenvalue weighted by Gasteiger charge is -2.63. The van der Waals surface area contributed by atoms with E-state index in [9.17, 15) is 5.11 Å². The van der Waals surface area contributed by atoms with E-state index >= 15 is 0 Å². The third-order valence-corrected chi connectivity index (χ3v) is 10.1. The molecule has 1 aliphatic heterocycles. The lowest BCUT2D eigenvalue weighted by Crippen LogP contribution is -2.63. The highest BCUT2D eigenvalue weighted by molar-refractivity contribution is 5.18. The van der Waals surface area contributed by atoms with Crippen molar-refractivity contribution in [3.05, 3.63) is 12.2 Å². The van der Waals surface area contributed by atoms with Gasteiger partial charge >= 0.3 is 0 Å². The van der Waals surface area contributed by atoms with Crippen LogP contribution in [-0.4, -0.2) is 29.2 Å². The van der Waals surface area contributed by atoms with Crippen molar-refractivity contribution in [2.75, 3.05) is 0 Å². The molecule has 0 radical (unpaired) electrons. The first-order valence-electron chi connectivity index (χ1n) is 11.8. The van der Waals surface area contributed by atoms with Gasteiger partial charge < -0.3 is 14.6 Å². The third kappa shape index (κ3) is 2.51. The molecule has 10 atom stereocenters. The molecular weight excluding hydrogens is 348 g/mol. The summed E-state index contributed by atoms with van der Waals surface area (Å²) in [5, 5.41) is 10.5. The molecule has 5 aliphatic rings. The fourth-order valence-electron chi connectivity index (χ4n) is 8.97. The van der Waals surface area contributed by atoms with Gasteiger partial charge in [-0.2, -0.15) is 0 Å². The summed E-state index contributed by atoms with van der Waals surface area (Å²) in [7, 11) is 0. The summed E-state index contributed by atoms with van der Waals surface area (Å²) in [4.78, 5) is 0. The molecule has 1 heterocycles. The first-order chi connectivity index (χ1) is 13.1. The molecule has 3 nitrogen and oxygen atoms in total. The Labute approximate surface area is 171 Å². The number of allylic oxidation sites excluding steroid dienone is 1. The van der Waals surface area contributed by atoms with Crippen LogP contribution in [0.1, 0.15) is 79.6 Å². The third-order valence-electron chi connectivity index (χ3n) is 10.1. The minimum absolute atomic E-state index is 0.141. The predicted octanol–water partition coefficient (Wildman–Crippen LogP) is 5.32. The van der Waals surface area contributed by atoms with E-state index in [2.05, 4.69) is 41.2 Å². The van der Waals surface area contributed by atoms with Crippen molar-refractivity contribution >= 4 is 0 Å². The van der Waals surface area contributed by atoms with E-state index in [1.54, 1.807) is 0 Å². The van der Waals surface area contributed by atoms with Gasteiger partial charge in [0.15, 0.2) is 5.79 Å². The van der Waals surface area contributed by atoms with Crippen LogP contribution in [0.15, 0.2) is 12.2 Å². The van der Waals surface area contributed by atoms with E-state index in [-0.39, 0.29) is 23.7 Å². The Kier molecular flexibility index (Phi) is 4.25. The SMILES string of the molecule is C=C(C)[C@H]1CCC2C3C(CC[C@@]21C)[C@@]1(C)CC[C@H](O)CC1[C@H]1OC(C)(C)O[C@H]31. The molecule has 0 spiro atoms. The van der Waals surface area contributed by atoms with Gasteiger partial charge in [-0.25, -0.2) is 0 Å². The van der Waals surface area contributed by atoms with Gasteiger partial charge in [-0.3, -0.25) is 0 Å². The Bertz CT molecular complexity index is 671. The highest BCUT2D eigenvalue weighted by Crippen LogP contribution is 2.69. The molecule has 5 fully saturated rings. The van der Waals surface area contributed by atoms with Crippen molar-refractivity contribution in [1.82, 2.24) is 0 Å². The number of ether oxygens (including phenoxy) is 2. The van der Waals surface area contributed by atoms with Crippen LogP contribution in [-0.2, 0) is 9.47 Å². The monoisotopic (exact) mass is 388 g/mol. The summed E-state index contributed by atoms with van der Waals surface area (Å²) in [6.45, 7) is 15.9. The lowest BCUT2D eigenvalue weighted by atomic mass is 9.43. The van der Waals surface area contributed by atoms with E-state index in [0.717, 1.165) is 19.3 Å². The van der Waals surface area contributed by atoms with E-state index in [4.69, 9.17) is 9.47 Å². The van der Waals surface area contributed by atoms with Gasteiger partial charge in [-0.1, -0.05) is 26.0 Å². The molecular formula is C25H40O3. The normalized spacial score (nSPS) is 57.1. The van der Waals surface area contributed by atoms with Gasteiger partial charge in [0, 0.05) is 0 Å². The van der Waals surface area contributed by atoms with Crippen LogP contribution in [0.2, 0.25) is 0 Å². The van der Waals surface area contributed by atoms with E-state index in [1.165, 1.54) is 31.3 Å². The Morgan fingerprint density at radius 3 is 2.21 bits per heavy atom. The predicted molar refractivity (Wildman–Crippen MR) is 111 cm³/mol. The molecule has 0 bridgehead atoms. The van der Waals surface area contributed by atoms with E-state index in [1.807, 2.05) is 0 Å². The molecule has 4 saturated carbocycles. The fraction of sp³-hybridized carbons (Fsp3) is 0.920. The Hall–Kier alpha value is -0.380. The number of aliphatic hydroxyl groups is 1. The van der Waals surface area contributed by atoms with Gasteiger partial charge in [-0.05, 0) is 106 Å². The van der Waals surface area contributed by atoms with Crippen LogP contribution in [0, 0.1) is 40.4 Å². The van der Waals surface area contributed by atoms with Crippen molar-refractivity contribution in [2.45, 2.75) is 104 Å². The zero-order chi connectivity index (χ0) is 20.1. The standard InChI is InChI=1S/C25H40O3/c1-14(2)16-7-8-17-20-18(10-12-24(16,17)5)25(6)11-9-15(26)13-19(25)21-22(20)28-23(3,4)27-21/h15-22,26H,1,7-13H2,2-6H3/t15-,16+,17?,18?,19?,20?,21+,22+,24+,25+/m0/s1. The van der Waals surface area contributed by atoms with Crippen molar-refractivity contribution < 1.29 is 14.6 Å². The molecule has 4 unspecified atom stereocenters. The van der Waals surface area contributed by atoms with Gasteiger partial charge in [-0.15, -0.1) is 0 Å². The van der Waals surface area contributed by atoms with Crippen LogP contribution in [0.4, 0.5) is 0 Å². The number of hydrogen-bond donors (Lipinski definition) is 1. The number of hydrogen-bond acceptors (Lipinski definition) is 3. The summed E-state index contributed by atoms with van der Waals surface area (Å²) >= 11 is 0. The summed E-state index contributed by atoms with van der Waals surface area (Å²) in [6.07, 6.45) is 8.37. The van der Waals surface area contributed by atoms with Gasteiger partial charge in [0.2, 0.25) is 0 Å². The number of aliphatic hydroxyl groups excluding tert-OH is 1. The molecule has 0 aromatic carbocycles. The molecule has 28 heavy (non-hydrogen) atoms. The molecule has 0 aromatic rings. The highest BCUT2D eigenvalue weighted by Gasteiger charge is 2.68. The number of fused-ring (bicyclic) bond motifs is 8. The maximum atomic E-state index is 10.5. The van der Waals surface area contributed by atoms with Crippen LogP contribution >= 0.6 is 0 Å². The minimum Gasteiger partial charge on any atom is -0.393 e. The summed E-state index contributed by atoms with van der Waals surface area (Å²) in [6, 6.07) is 0. The lowest BCUT2D eigenvalue weighted by molar-refractivity contribution is -0.188. The van der Waals surface area contributed by atoms with Crippen molar-refractivity contribution in [3.63, 3.8) is 0 Å². The molecule has 0 aromatic heterocycles. The number of rotatable bonds is 1. The van der Waals surface area contributed by atoms with Crippen molar-refractivity contribution in [2.24, 2.45) is 40.4 Å². The van der Waals surface area contributed by atoms with Crippen LogP contribution in [0.3, 0.4) is 0 Å². The molecule has 5 rings (SSSR count). The van der Waals surface area contributed by atoms with Gasteiger partial charge in [0.05, 0.1) is 18.3 Å². The second-order valence-corrected chi connectivity index (χ2v) is 11.9. The first-order valence-corrected chi connectivity index (χ1v) is 11.8. The van der Waals surface area contributed by atoms with Crippen LogP contribution < -0.4 is 0 Å². The average Bonchev–Trinajstić information content (AvgIpc) is 3.12. The minimum atomic E-state index is -0.506. The Morgan fingerprint density at radius 1 is 0.857 bits per heavy atom. The van der Waals surface area contributed by atoms with E-state index in [0.29, 0.717) is 35.0 Å². The van der Waals surface area contributed by atoms with Crippen LogP contribution in [0.5, 0.6) is 0 Å². The topological polar surface area (TPSA) is 38.7 Å². The zero-order valence-electron chi connectivity index (χ0n) is 18.5. The summed E-state index contributed by atoms with van der Waals surface area (Å²) in [5.41, 5.74) is 2.02. The van der Waals surface area contributed by atoms with Crippen molar-refractivity contribution in [1.29, 1.82) is 0 Å². The summed E-state index contributed by atoms with van der Waals surface area (Å²) < 4.78 is 13.3. The Morgan fingerprint density at radius 2 is 1.50 bits per heavy atom. The zero-order valence-corrected chi connectivity index (χ0v) is 18.5. The average molecular weight is 389 g/mol. The van der Waals surface area contributed by atoms with E-state index < -0.39 is 5.79 Å². The molecule has 1 saturated heterocycles. The summed E-state index contributed by atoms with van der Waals surface area (Å²) in [5.74, 6) is 2.57. The van der Waals surface area contributed by atoms with Gasteiger partial charge in [0.25, 0.3) is 0 Å². The molecule has 158 valence electrons. The van der Waals surface area contributed by atoms with Crippen molar-refractivity contribution in [3.8, 4) is 0 Å². The quantitative estimate of drug-likeness (QED) is 0.618. The molecule has 1 N–H and O–H groups in total. The molecule has 0 amide bonds. The second-order valence-electron chi connectivity index (χ2n) is 11.9. The molecule has 3 heteroatoms. The Balaban J connectivity index is 1.57. The second kappa shape index (κ2) is 6.08. The highest BCUT2D eigenvalue weighted by atomic mass is 16.8. The van der Waals surface area contributed by atoms with Crippen LogP contribution in [0.25, 0.3) is 0 Å². The van der Waals surface area contributed by atoms with Gasteiger partial charge in [0.1, 0.15) is 0 Å². The smallest absolute Gasteiger partial charge is 0.163 e. The fourth-order valence-corrected chi connectivity index (χ4v) is 8.97. The largest absolute Gasteiger partial charge is 0.393 e. The first kappa shape index (κ1) is 19.6. The molecule has 4 aliphatic carbocycles.